The molecule has 0 saturated heterocycles. The zero-order chi connectivity index (χ0) is 13.3. The average molecular weight is 351 g/mol. The van der Waals surface area contributed by atoms with Gasteiger partial charge in [0, 0.05) is 4.90 Å². The third-order valence-electron chi connectivity index (χ3n) is 1.62. The molecule has 1 aromatic rings. The van der Waals surface area contributed by atoms with Crippen molar-refractivity contribution in [1.29, 1.82) is 0 Å². The van der Waals surface area contributed by atoms with E-state index in [0.717, 1.165) is 11.0 Å². The molecule has 0 bridgehead atoms. The van der Waals surface area contributed by atoms with Gasteiger partial charge in [0.1, 0.15) is 0 Å². The summed E-state index contributed by atoms with van der Waals surface area (Å²) in [6, 6.07) is 4.07. The smallest absolute Gasteiger partial charge is 0.375 e. The van der Waals surface area contributed by atoms with Crippen molar-refractivity contribution in [3.8, 4) is 5.75 Å². The fourth-order valence-electron chi connectivity index (χ4n) is 0.842. The molecule has 0 amide bonds. The first kappa shape index (κ1) is 14.7. The van der Waals surface area contributed by atoms with Crippen LogP contribution in [-0.2, 0) is 10.1 Å². The van der Waals surface area contributed by atoms with Gasteiger partial charge in [-0.3, -0.25) is 0 Å². The van der Waals surface area contributed by atoms with Crippen molar-refractivity contribution in [2.45, 2.75) is 10.4 Å². The molecular weight excluding hydrogens is 345 g/mol. The molecule has 0 aromatic heterocycles. The first-order valence-corrected chi connectivity index (χ1v) is 7.44. The molecule has 9 heteroatoms. The zero-order valence-electron chi connectivity index (χ0n) is 8.29. The number of thioether (sulfide) groups is 1. The van der Waals surface area contributed by atoms with E-state index in [-0.39, 0.29) is 4.47 Å². The van der Waals surface area contributed by atoms with Crippen LogP contribution in [0.1, 0.15) is 0 Å². The van der Waals surface area contributed by atoms with Gasteiger partial charge in [-0.05, 0) is 40.4 Å². The van der Waals surface area contributed by atoms with Gasteiger partial charge in [-0.25, -0.2) is 0 Å². The standard InChI is InChI=1S/C8H6BrF3O3S2/c1-16-5-2-3-7(6(9)4-5)15-17(13,14)8(10,11)12/h2-4H,1H3. The minimum Gasteiger partial charge on any atom is -0.375 e. The van der Waals surface area contributed by atoms with Crippen molar-refractivity contribution >= 4 is 37.8 Å². The summed E-state index contributed by atoms with van der Waals surface area (Å²) in [6.07, 6.45) is 1.77. The van der Waals surface area contributed by atoms with Gasteiger partial charge in [0.25, 0.3) is 0 Å². The summed E-state index contributed by atoms with van der Waals surface area (Å²) >= 11 is 4.30. The van der Waals surface area contributed by atoms with Crippen molar-refractivity contribution in [1.82, 2.24) is 0 Å². The van der Waals surface area contributed by atoms with Gasteiger partial charge < -0.3 is 4.18 Å². The molecule has 0 spiro atoms. The van der Waals surface area contributed by atoms with E-state index in [2.05, 4.69) is 20.1 Å². The maximum atomic E-state index is 12.1. The van der Waals surface area contributed by atoms with E-state index in [1.54, 1.807) is 6.26 Å². The molecule has 17 heavy (non-hydrogen) atoms. The second-order valence-corrected chi connectivity index (χ2v) is 6.05. The van der Waals surface area contributed by atoms with Crippen LogP contribution in [0.2, 0.25) is 0 Å². The highest BCUT2D eigenvalue weighted by Gasteiger charge is 2.48. The number of rotatable bonds is 3. The van der Waals surface area contributed by atoms with Crippen molar-refractivity contribution in [2.24, 2.45) is 0 Å². The third kappa shape index (κ3) is 3.52. The van der Waals surface area contributed by atoms with Gasteiger partial charge >= 0.3 is 15.6 Å². The lowest BCUT2D eigenvalue weighted by atomic mass is 10.3. The van der Waals surface area contributed by atoms with Crippen LogP contribution in [0.4, 0.5) is 13.2 Å². The molecule has 0 aliphatic rings. The van der Waals surface area contributed by atoms with Crippen molar-refractivity contribution in [3.05, 3.63) is 22.7 Å². The maximum absolute atomic E-state index is 12.1. The second kappa shape index (κ2) is 5.07. The lowest BCUT2D eigenvalue weighted by Crippen LogP contribution is -2.28. The monoisotopic (exact) mass is 350 g/mol. The van der Waals surface area contributed by atoms with Gasteiger partial charge in [-0.1, -0.05) is 0 Å². The summed E-state index contributed by atoms with van der Waals surface area (Å²) in [7, 11) is -5.63. The maximum Gasteiger partial charge on any atom is 0.534 e. The van der Waals surface area contributed by atoms with Gasteiger partial charge in [-0.2, -0.15) is 21.6 Å². The molecule has 0 N–H and O–H groups in total. The summed E-state index contributed by atoms with van der Waals surface area (Å²) in [5, 5.41) is 0. The number of hydrogen-bond donors (Lipinski definition) is 0. The van der Waals surface area contributed by atoms with Crippen molar-refractivity contribution in [3.63, 3.8) is 0 Å². The number of halogens is 4. The van der Waals surface area contributed by atoms with E-state index in [0.29, 0.717) is 0 Å². The molecule has 0 atom stereocenters. The number of benzene rings is 1. The number of hydrogen-bond acceptors (Lipinski definition) is 4. The second-order valence-electron chi connectivity index (χ2n) is 2.78. The predicted molar refractivity (Wildman–Crippen MR) is 61.5 cm³/mol. The summed E-state index contributed by atoms with van der Waals surface area (Å²) in [5.74, 6) is -0.403. The Kier molecular flexibility index (Phi) is 4.37. The molecule has 0 heterocycles. The molecule has 96 valence electrons. The minimum absolute atomic E-state index is 0.136. The SMILES string of the molecule is CSc1ccc(OS(=O)(=O)C(F)(F)F)c(Br)c1. The van der Waals surface area contributed by atoms with Gasteiger partial charge in [0.2, 0.25) is 0 Å². The molecule has 0 radical (unpaired) electrons. The highest BCUT2D eigenvalue weighted by Crippen LogP contribution is 2.33. The lowest BCUT2D eigenvalue weighted by molar-refractivity contribution is -0.0500. The zero-order valence-corrected chi connectivity index (χ0v) is 11.5. The van der Waals surface area contributed by atoms with E-state index >= 15 is 0 Å². The van der Waals surface area contributed by atoms with Crippen LogP contribution in [0.15, 0.2) is 27.6 Å². The third-order valence-corrected chi connectivity index (χ3v) is 3.93. The molecule has 0 saturated carbocycles. The molecule has 0 aliphatic heterocycles. The molecular formula is C8H6BrF3O3S2. The molecule has 3 nitrogen and oxygen atoms in total. The first-order chi connectivity index (χ1) is 7.67. The Labute approximate surface area is 109 Å². The Bertz CT molecular complexity index is 513. The molecule has 1 aromatic carbocycles. The van der Waals surface area contributed by atoms with Crippen molar-refractivity contribution < 1.29 is 25.8 Å². The molecule has 0 unspecified atom stereocenters. The topological polar surface area (TPSA) is 43.4 Å². The summed E-state index contributed by atoms with van der Waals surface area (Å²) in [4.78, 5) is 0.758. The Hall–Kier alpha value is -0.410. The largest absolute Gasteiger partial charge is 0.534 e. The van der Waals surface area contributed by atoms with Gasteiger partial charge in [0.15, 0.2) is 5.75 Å². The van der Waals surface area contributed by atoms with Crippen LogP contribution in [0.25, 0.3) is 0 Å². The fourth-order valence-corrected chi connectivity index (χ4v) is 2.48. The number of alkyl halides is 3. The van der Waals surface area contributed by atoms with E-state index in [4.69, 9.17) is 0 Å². The van der Waals surface area contributed by atoms with Gasteiger partial charge in [0.05, 0.1) is 4.47 Å². The van der Waals surface area contributed by atoms with E-state index < -0.39 is 21.4 Å². The fraction of sp³-hybridized carbons (Fsp3) is 0.250. The van der Waals surface area contributed by atoms with Crippen LogP contribution < -0.4 is 4.18 Å². The summed E-state index contributed by atoms with van der Waals surface area (Å²) < 4.78 is 61.8. The highest BCUT2D eigenvalue weighted by atomic mass is 79.9. The van der Waals surface area contributed by atoms with Crippen LogP contribution in [-0.4, -0.2) is 20.2 Å². The Morgan fingerprint density at radius 1 is 1.35 bits per heavy atom. The lowest BCUT2D eigenvalue weighted by Gasteiger charge is -2.11. The summed E-state index contributed by atoms with van der Waals surface area (Å²) in [5.41, 5.74) is -5.44. The summed E-state index contributed by atoms with van der Waals surface area (Å²) in [6.45, 7) is 0. The predicted octanol–water partition coefficient (Wildman–Crippen LogP) is 3.40. The Morgan fingerprint density at radius 3 is 2.35 bits per heavy atom. The van der Waals surface area contributed by atoms with E-state index in [1.807, 2.05) is 0 Å². The first-order valence-electron chi connectivity index (χ1n) is 4.01. The molecule has 1 rings (SSSR count). The normalized spacial score (nSPS) is 12.5. The van der Waals surface area contributed by atoms with Crippen LogP contribution >= 0.6 is 27.7 Å². The molecule has 0 fully saturated rings. The quantitative estimate of drug-likeness (QED) is 0.476. The highest BCUT2D eigenvalue weighted by molar-refractivity contribution is 9.10. The minimum atomic E-state index is -5.63. The average Bonchev–Trinajstić information content (AvgIpc) is 2.19. The van der Waals surface area contributed by atoms with Crippen molar-refractivity contribution in [2.75, 3.05) is 6.26 Å². The van der Waals surface area contributed by atoms with Crippen LogP contribution in [0.5, 0.6) is 5.75 Å². The van der Waals surface area contributed by atoms with Crippen LogP contribution in [0.3, 0.4) is 0 Å². The van der Waals surface area contributed by atoms with E-state index in [9.17, 15) is 21.6 Å². The van der Waals surface area contributed by atoms with E-state index in [1.165, 1.54) is 23.9 Å². The molecule has 0 aliphatic carbocycles. The Balaban J connectivity index is 3.05. The van der Waals surface area contributed by atoms with Crippen LogP contribution in [0, 0.1) is 0 Å². The Morgan fingerprint density at radius 2 is 1.94 bits per heavy atom. The van der Waals surface area contributed by atoms with Gasteiger partial charge in [-0.15, -0.1) is 11.8 Å².